The van der Waals surface area contributed by atoms with Crippen molar-refractivity contribution in [1.29, 1.82) is 0 Å². The third-order valence-corrected chi connectivity index (χ3v) is 2.22. The van der Waals surface area contributed by atoms with Crippen molar-refractivity contribution in [3.8, 4) is 0 Å². The molecule has 0 saturated carbocycles. The third-order valence-electron chi connectivity index (χ3n) is 1.35. The Morgan fingerprint density at radius 2 is 2.17 bits per heavy atom. The minimum atomic E-state index is -0.207. The van der Waals surface area contributed by atoms with Crippen molar-refractivity contribution in [2.24, 2.45) is 0 Å². The molecule has 0 aromatic heterocycles. The zero-order valence-corrected chi connectivity index (χ0v) is 9.40. The number of benzene rings is 1. The van der Waals surface area contributed by atoms with Crippen LogP contribution in [0.3, 0.4) is 0 Å². The maximum absolute atomic E-state index is 13.1. The van der Waals surface area contributed by atoms with Crippen LogP contribution < -0.4 is 0 Å². The van der Waals surface area contributed by atoms with Crippen molar-refractivity contribution in [1.82, 2.24) is 0 Å². The van der Waals surface area contributed by atoms with E-state index in [1.807, 2.05) is 12.1 Å². The van der Waals surface area contributed by atoms with E-state index in [2.05, 4.69) is 31.9 Å². The van der Waals surface area contributed by atoms with Crippen LogP contribution in [0.25, 0.3) is 6.08 Å². The van der Waals surface area contributed by atoms with Crippen molar-refractivity contribution in [2.75, 3.05) is 5.33 Å². The van der Waals surface area contributed by atoms with Crippen molar-refractivity contribution < 1.29 is 4.39 Å². The summed E-state index contributed by atoms with van der Waals surface area (Å²) in [6.07, 6.45) is 3.60. The molecule has 0 amide bonds. The molecule has 0 aliphatic heterocycles. The van der Waals surface area contributed by atoms with E-state index >= 15 is 0 Å². The van der Waals surface area contributed by atoms with Crippen LogP contribution in [0.5, 0.6) is 0 Å². The van der Waals surface area contributed by atoms with Crippen molar-refractivity contribution >= 4 is 37.9 Å². The Bertz CT molecular complexity index is 295. The number of halogens is 3. The van der Waals surface area contributed by atoms with Gasteiger partial charge in [-0.3, -0.25) is 0 Å². The first-order chi connectivity index (χ1) is 5.74. The second kappa shape index (κ2) is 4.77. The summed E-state index contributed by atoms with van der Waals surface area (Å²) >= 11 is 6.42. The van der Waals surface area contributed by atoms with Gasteiger partial charge in [0.15, 0.2) is 0 Å². The molecule has 1 aromatic rings. The molecular weight excluding hydrogens is 287 g/mol. The summed E-state index contributed by atoms with van der Waals surface area (Å²) < 4.78 is 13.8. The Morgan fingerprint density at radius 1 is 1.42 bits per heavy atom. The number of hydrogen-bond donors (Lipinski definition) is 0. The van der Waals surface area contributed by atoms with Gasteiger partial charge >= 0.3 is 0 Å². The average Bonchev–Trinajstić information content (AvgIpc) is 2.03. The zero-order valence-electron chi connectivity index (χ0n) is 6.23. The maximum Gasteiger partial charge on any atom is 0.131 e. The summed E-state index contributed by atoms with van der Waals surface area (Å²) in [5.41, 5.74) is 0.609. The Morgan fingerprint density at radius 3 is 2.75 bits per heavy atom. The lowest BCUT2D eigenvalue weighted by Crippen LogP contribution is -1.80. The molecule has 0 saturated heterocycles. The predicted molar refractivity (Wildman–Crippen MR) is 56.9 cm³/mol. The van der Waals surface area contributed by atoms with Crippen molar-refractivity contribution in [3.63, 3.8) is 0 Å². The van der Waals surface area contributed by atoms with E-state index in [0.717, 1.165) is 9.80 Å². The molecule has 0 fully saturated rings. The molecule has 0 radical (unpaired) electrons. The molecule has 0 unspecified atom stereocenters. The molecule has 12 heavy (non-hydrogen) atoms. The summed E-state index contributed by atoms with van der Waals surface area (Å²) in [4.78, 5) is 0. The lowest BCUT2D eigenvalue weighted by atomic mass is 10.2. The van der Waals surface area contributed by atoms with Crippen LogP contribution in [-0.4, -0.2) is 5.33 Å². The highest BCUT2D eigenvalue weighted by Crippen LogP contribution is 2.16. The van der Waals surface area contributed by atoms with Crippen molar-refractivity contribution in [3.05, 3.63) is 40.1 Å². The molecule has 0 aliphatic rings. The first-order valence-corrected chi connectivity index (χ1v) is 5.33. The van der Waals surface area contributed by atoms with Crippen LogP contribution in [0, 0.1) is 5.82 Å². The van der Waals surface area contributed by atoms with E-state index in [1.165, 1.54) is 6.07 Å². The van der Waals surface area contributed by atoms with Gasteiger partial charge in [0.1, 0.15) is 5.82 Å². The molecule has 0 nitrogen and oxygen atoms in total. The smallest absolute Gasteiger partial charge is 0.131 e. The molecule has 3 heteroatoms. The molecule has 0 aliphatic carbocycles. The first-order valence-electron chi connectivity index (χ1n) is 3.41. The van der Waals surface area contributed by atoms with E-state index in [1.54, 1.807) is 12.1 Å². The largest absolute Gasteiger partial charge is 0.206 e. The Balaban J connectivity index is 2.94. The van der Waals surface area contributed by atoms with E-state index in [9.17, 15) is 4.39 Å². The highest BCUT2D eigenvalue weighted by atomic mass is 79.9. The fourth-order valence-electron chi connectivity index (χ4n) is 0.808. The molecule has 0 bridgehead atoms. The van der Waals surface area contributed by atoms with Gasteiger partial charge in [0.25, 0.3) is 0 Å². The van der Waals surface area contributed by atoms with Crippen LogP contribution in [0.2, 0.25) is 0 Å². The van der Waals surface area contributed by atoms with Gasteiger partial charge in [-0.2, -0.15) is 0 Å². The normalized spacial score (nSPS) is 10.9. The number of hydrogen-bond acceptors (Lipinski definition) is 0. The van der Waals surface area contributed by atoms with Crippen molar-refractivity contribution in [2.45, 2.75) is 0 Å². The van der Waals surface area contributed by atoms with Gasteiger partial charge in [-0.15, -0.1) is 0 Å². The molecule has 1 aromatic carbocycles. The zero-order chi connectivity index (χ0) is 8.97. The van der Waals surface area contributed by atoms with Gasteiger partial charge in [-0.05, 0) is 12.1 Å². The van der Waals surface area contributed by atoms with Crippen LogP contribution in [0.4, 0.5) is 4.39 Å². The van der Waals surface area contributed by atoms with Gasteiger partial charge in [0, 0.05) is 15.4 Å². The Hall–Kier alpha value is -0.150. The molecule has 64 valence electrons. The van der Waals surface area contributed by atoms with Crippen LogP contribution >= 0.6 is 31.9 Å². The summed E-state index contributed by atoms with van der Waals surface area (Å²) in [7, 11) is 0. The minimum absolute atomic E-state index is 0.207. The van der Waals surface area contributed by atoms with Crippen LogP contribution in [0.1, 0.15) is 5.56 Å². The molecular formula is C9H7Br2F. The van der Waals surface area contributed by atoms with Gasteiger partial charge in [0.2, 0.25) is 0 Å². The standard InChI is InChI=1S/C9H7Br2F/c10-5-1-2-7-3-4-8(11)6-9(7)12/h1-4,6H,5H2/b2-1+. The topological polar surface area (TPSA) is 0 Å². The van der Waals surface area contributed by atoms with Gasteiger partial charge in [-0.1, -0.05) is 50.1 Å². The third kappa shape index (κ3) is 2.72. The summed E-state index contributed by atoms with van der Waals surface area (Å²) in [5.74, 6) is -0.207. The quantitative estimate of drug-likeness (QED) is 0.723. The molecule has 1 rings (SSSR count). The summed E-state index contributed by atoms with van der Waals surface area (Å²) in [6, 6.07) is 5.00. The Labute approximate surface area is 87.7 Å². The van der Waals surface area contributed by atoms with E-state index < -0.39 is 0 Å². The second-order valence-electron chi connectivity index (χ2n) is 2.22. The highest BCUT2D eigenvalue weighted by molar-refractivity contribution is 9.10. The summed E-state index contributed by atoms with van der Waals surface area (Å²) in [5, 5.41) is 0.739. The van der Waals surface area contributed by atoms with E-state index in [-0.39, 0.29) is 5.82 Å². The fraction of sp³-hybridized carbons (Fsp3) is 0.111. The average molecular weight is 294 g/mol. The van der Waals surface area contributed by atoms with Gasteiger partial charge in [0.05, 0.1) is 0 Å². The number of rotatable bonds is 2. The molecule has 0 atom stereocenters. The second-order valence-corrected chi connectivity index (χ2v) is 3.79. The highest BCUT2D eigenvalue weighted by Gasteiger charge is 1.97. The maximum atomic E-state index is 13.1. The van der Waals surface area contributed by atoms with E-state index in [4.69, 9.17) is 0 Å². The summed E-state index contributed by atoms with van der Waals surface area (Å²) in [6.45, 7) is 0. The monoisotopic (exact) mass is 292 g/mol. The van der Waals surface area contributed by atoms with Gasteiger partial charge in [-0.25, -0.2) is 4.39 Å². The Kier molecular flexibility index (Phi) is 3.95. The van der Waals surface area contributed by atoms with E-state index in [0.29, 0.717) is 5.56 Å². The lowest BCUT2D eigenvalue weighted by Gasteiger charge is -1.96. The molecule has 0 spiro atoms. The predicted octanol–water partition coefficient (Wildman–Crippen LogP) is 4.00. The molecule has 0 heterocycles. The lowest BCUT2D eigenvalue weighted by molar-refractivity contribution is 0.624. The fourth-order valence-corrected chi connectivity index (χ4v) is 1.33. The number of allylic oxidation sites excluding steroid dienone is 1. The van der Waals surface area contributed by atoms with Crippen LogP contribution in [-0.2, 0) is 0 Å². The SMILES string of the molecule is Fc1cc(Br)ccc1/C=C/CBr. The molecule has 0 N–H and O–H groups in total. The minimum Gasteiger partial charge on any atom is -0.206 e. The van der Waals surface area contributed by atoms with Crippen LogP contribution in [0.15, 0.2) is 28.7 Å². The van der Waals surface area contributed by atoms with Gasteiger partial charge < -0.3 is 0 Å². The first kappa shape index (κ1) is 9.93. The number of alkyl halides is 1.